The second kappa shape index (κ2) is 6.62. The molecule has 7 nitrogen and oxygen atoms in total. The van der Waals surface area contributed by atoms with Crippen LogP contribution in [0.2, 0.25) is 0 Å². The molecule has 23 heavy (non-hydrogen) atoms. The first-order valence-electron chi connectivity index (χ1n) is 7.35. The number of hydrogen-bond donors (Lipinski definition) is 1. The highest BCUT2D eigenvalue weighted by molar-refractivity contribution is 5.56. The third-order valence-corrected chi connectivity index (χ3v) is 3.65. The lowest BCUT2D eigenvalue weighted by atomic mass is 10.2. The highest BCUT2D eigenvalue weighted by Crippen LogP contribution is 2.22. The number of benzene rings is 1. The summed E-state index contributed by atoms with van der Waals surface area (Å²) in [7, 11) is 3.54. The van der Waals surface area contributed by atoms with Crippen LogP contribution in [0.15, 0.2) is 41.1 Å². The summed E-state index contributed by atoms with van der Waals surface area (Å²) in [6, 6.07) is 9.48. The predicted octanol–water partition coefficient (Wildman–Crippen LogP) is 2.33. The van der Waals surface area contributed by atoms with E-state index in [9.17, 15) is 0 Å². The van der Waals surface area contributed by atoms with Crippen LogP contribution in [-0.2, 0) is 13.6 Å². The van der Waals surface area contributed by atoms with Crippen LogP contribution in [0.5, 0.6) is 5.75 Å². The van der Waals surface area contributed by atoms with Crippen molar-refractivity contribution < 1.29 is 9.26 Å². The predicted molar refractivity (Wildman–Crippen MR) is 84.7 cm³/mol. The van der Waals surface area contributed by atoms with Crippen molar-refractivity contribution in [3.63, 3.8) is 0 Å². The topological polar surface area (TPSA) is 78.0 Å². The van der Waals surface area contributed by atoms with E-state index < -0.39 is 0 Å². The van der Waals surface area contributed by atoms with E-state index in [0.29, 0.717) is 18.3 Å². The molecule has 1 atom stereocenters. The van der Waals surface area contributed by atoms with E-state index in [0.717, 1.165) is 17.0 Å². The second-order valence-electron chi connectivity index (χ2n) is 5.24. The molecule has 3 aromatic rings. The average molecular weight is 313 g/mol. The highest BCUT2D eigenvalue weighted by atomic mass is 16.5. The third-order valence-electron chi connectivity index (χ3n) is 3.65. The van der Waals surface area contributed by atoms with Gasteiger partial charge in [0.1, 0.15) is 5.75 Å². The number of aromatic nitrogens is 4. The Labute approximate surface area is 134 Å². The molecule has 2 heterocycles. The van der Waals surface area contributed by atoms with Crippen molar-refractivity contribution in [1.29, 1.82) is 0 Å². The zero-order valence-electron chi connectivity index (χ0n) is 13.4. The van der Waals surface area contributed by atoms with Crippen LogP contribution in [-0.4, -0.2) is 27.0 Å². The van der Waals surface area contributed by atoms with Crippen LogP contribution in [0.3, 0.4) is 0 Å². The van der Waals surface area contributed by atoms with Gasteiger partial charge in [-0.25, -0.2) is 0 Å². The van der Waals surface area contributed by atoms with Crippen LogP contribution in [0.1, 0.15) is 24.6 Å². The standard InChI is InChI=1S/C16H19N5O2/c1-11(17-10-13-7-8-18-21(13)2)16-19-15(20-23-16)12-5-4-6-14(9-12)22-3/h4-9,11,17H,10H2,1-3H3. The molecule has 0 saturated heterocycles. The minimum atomic E-state index is -0.0586. The molecule has 0 spiro atoms. The van der Waals surface area contributed by atoms with Gasteiger partial charge in [-0.1, -0.05) is 17.3 Å². The zero-order chi connectivity index (χ0) is 16.2. The first kappa shape index (κ1) is 15.2. The van der Waals surface area contributed by atoms with Gasteiger partial charge in [-0.15, -0.1) is 0 Å². The van der Waals surface area contributed by atoms with Gasteiger partial charge in [0.05, 0.1) is 18.8 Å². The van der Waals surface area contributed by atoms with Crippen LogP contribution in [0.25, 0.3) is 11.4 Å². The first-order chi connectivity index (χ1) is 11.2. The number of ether oxygens (including phenoxy) is 1. The molecule has 0 aliphatic carbocycles. The lowest BCUT2D eigenvalue weighted by Crippen LogP contribution is -2.20. The molecule has 0 bridgehead atoms. The summed E-state index contributed by atoms with van der Waals surface area (Å²) < 4.78 is 12.4. The zero-order valence-corrected chi connectivity index (χ0v) is 13.4. The average Bonchev–Trinajstić information content (AvgIpc) is 3.22. The van der Waals surface area contributed by atoms with Crippen LogP contribution in [0, 0.1) is 0 Å². The molecule has 0 aliphatic heterocycles. The fourth-order valence-electron chi connectivity index (χ4n) is 2.21. The summed E-state index contributed by atoms with van der Waals surface area (Å²) in [5.41, 5.74) is 1.95. The smallest absolute Gasteiger partial charge is 0.243 e. The quantitative estimate of drug-likeness (QED) is 0.752. The van der Waals surface area contributed by atoms with E-state index >= 15 is 0 Å². The summed E-state index contributed by atoms with van der Waals surface area (Å²) in [5, 5.41) is 11.5. The maximum absolute atomic E-state index is 5.37. The lowest BCUT2D eigenvalue weighted by Gasteiger charge is -2.09. The second-order valence-corrected chi connectivity index (χ2v) is 5.24. The van der Waals surface area contributed by atoms with E-state index in [1.54, 1.807) is 13.3 Å². The Morgan fingerprint density at radius 1 is 1.35 bits per heavy atom. The number of nitrogens with one attached hydrogen (secondary N) is 1. The third kappa shape index (κ3) is 3.40. The maximum atomic E-state index is 5.37. The molecule has 0 saturated carbocycles. The number of rotatable bonds is 6. The Hall–Kier alpha value is -2.67. The molecule has 3 rings (SSSR count). The van der Waals surface area contributed by atoms with E-state index in [-0.39, 0.29) is 6.04 Å². The molecule has 1 aromatic carbocycles. The largest absolute Gasteiger partial charge is 0.497 e. The summed E-state index contributed by atoms with van der Waals surface area (Å²) in [6.07, 6.45) is 1.77. The summed E-state index contributed by atoms with van der Waals surface area (Å²) >= 11 is 0. The van der Waals surface area contributed by atoms with Gasteiger partial charge in [-0.3, -0.25) is 4.68 Å². The minimum absolute atomic E-state index is 0.0586. The van der Waals surface area contributed by atoms with E-state index in [2.05, 4.69) is 20.6 Å². The SMILES string of the molecule is COc1cccc(-c2noc(C(C)NCc3ccnn3C)n2)c1. The van der Waals surface area contributed by atoms with Crippen molar-refractivity contribution >= 4 is 0 Å². The van der Waals surface area contributed by atoms with Crippen molar-refractivity contribution in [2.75, 3.05) is 7.11 Å². The first-order valence-corrected chi connectivity index (χ1v) is 7.35. The highest BCUT2D eigenvalue weighted by Gasteiger charge is 2.15. The molecule has 0 amide bonds. The van der Waals surface area contributed by atoms with Gasteiger partial charge in [0, 0.05) is 25.4 Å². The molecule has 0 fully saturated rings. The Kier molecular flexibility index (Phi) is 4.38. The van der Waals surface area contributed by atoms with Crippen molar-refractivity contribution in [2.45, 2.75) is 19.5 Å². The summed E-state index contributed by atoms with van der Waals surface area (Å²) in [4.78, 5) is 4.46. The van der Waals surface area contributed by atoms with Crippen molar-refractivity contribution in [1.82, 2.24) is 25.2 Å². The summed E-state index contributed by atoms with van der Waals surface area (Å²) in [6.45, 7) is 2.66. The number of nitrogens with zero attached hydrogens (tertiary/aromatic N) is 4. The van der Waals surface area contributed by atoms with Crippen LogP contribution >= 0.6 is 0 Å². The molecule has 7 heteroatoms. The van der Waals surface area contributed by atoms with Crippen molar-refractivity contribution in [2.24, 2.45) is 7.05 Å². The maximum Gasteiger partial charge on any atom is 0.243 e. The monoisotopic (exact) mass is 313 g/mol. The lowest BCUT2D eigenvalue weighted by molar-refractivity contribution is 0.337. The van der Waals surface area contributed by atoms with Gasteiger partial charge in [0.15, 0.2) is 0 Å². The molecule has 0 radical (unpaired) electrons. The molecular weight excluding hydrogens is 294 g/mol. The van der Waals surface area contributed by atoms with E-state index in [1.807, 2.05) is 49.0 Å². The van der Waals surface area contributed by atoms with Gasteiger partial charge in [0.2, 0.25) is 11.7 Å². The summed E-state index contributed by atoms with van der Waals surface area (Å²) in [5.74, 6) is 1.86. The van der Waals surface area contributed by atoms with Gasteiger partial charge < -0.3 is 14.6 Å². The van der Waals surface area contributed by atoms with Gasteiger partial charge in [0.25, 0.3) is 0 Å². The Morgan fingerprint density at radius 3 is 2.96 bits per heavy atom. The normalized spacial score (nSPS) is 12.3. The minimum Gasteiger partial charge on any atom is -0.497 e. The van der Waals surface area contributed by atoms with Crippen molar-refractivity contribution in [3.05, 3.63) is 48.1 Å². The van der Waals surface area contributed by atoms with Gasteiger partial charge in [-0.2, -0.15) is 10.1 Å². The van der Waals surface area contributed by atoms with E-state index in [1.165, 1.54) is 0 Å². The molecule has 2 aromatic heterocycles. The molecule has 120 valence electrons. The Balaban J connectivity index is 1.69. The van der Waals surface area contributed by atoms with Gasteiger partial charge >= 0.3 is 0 Å². The van der Waals surface area contributed by atoms with E-state index in [4.69, 9.17) is 9.26 Å². The molecule has 1 unspecified atom stereocenters. The molecular formula is C16H19N5O2. The van der Waals surface area contributed by atoms with Crippen LogP contribution in [0.4, 0.5) is 0 Å². The fourth-order valence-corrected chi connectivity index (χ4v) is 2.21. The molecule has 1 N–H and O–H groups in total. The Morgan fingerprint density at radius 2 is 2.22 bits per heavy atom. The number of methoxy groups -OCH3 is 1. The van der Waals surface area contributed by atoms with Crippen LogP contribution < -0.4 is 10.1 Å². The number of hydrogen-bond acceptors (Lipinski definition) is 6. The Bertz CT molecular complexity index is 780. The number of aryl methyl sites for hydroxylation is 1. The van der Waals surface area contributed by atoms with Gasteiger partial charge in [-0.05, 0) is 25.1 Å². The fraction of sp³-hybridized carbons (Fsp3) is 0.312. The molecule has 0 aliphatic rings. The van der Waals surface area contributed by atoms with Crippen molar-refractivity contribution in [3.8, 4) is 17.1 Å².